The lowest BCUT2D eigenvalue weighted by Gasteiger charge is -2.23. The predicted molar refractivity (Wildman–Crippen MR) is 250 cm³/mol. The molecule has 1 unspecified atom stereocenters. The Hall–Kier alpha value is -6.06. The highest BCUT2D eigenvalue weighted by Crippen LogP contribution is 2.68. The SMILES string of the molecule is CC(C)(C#Cc1ccc(-c2ccc(Cl)c3c(N(C(=O)OCCOCCOCCO)S(C)(=O)=O)nn(CC(F)(F)F)c23)c([C@H](Cc2cc(F)cc(F)c2)NC(=O)Cn2nc(C(F)(F)F)c3c2C(F)(F)C2C[C@H]32)n1)S(C)(=O)=O. The first-order valence-electron chi connectivity index (χ1n) is 22.5. The number of alkyl halides is 8. The summed E-state index contributed by atoms with van der Waals surface area (Å²) in [7, 11) is -8.80. The molecule has 5 aromatic rings. The molecule has 3 aromatic heterocycles. The maximum Gasteiger partial charge on any atom is 0.435 e. The first-order chi connectivity index (χ1) is 35.2. The average Bonchev–Trinajstić information content (AvgIpc) is 3.80. The Bertz CT molecular complexity index is 3360. The molecular weight excluding hydrogens is 1100 g/mol. The number of halogens is 11. The number of sulfonamides is 1. The van der Waals surface area contributed by atoms with E-state index in [-0.39, 0.29) is 75.5 Å². The number of rotatable bonds is 19. The third kappa shape index (κ3) is 12.5. The minimum Gasteiger partial charge on any atom is -0.446 e. The molecule has 0 aliphatic heterocycles. The summed E-state index contributed by atoms with van der Waals surface area (Å²) < 4.78 is 213. The summed E-state index contributed by atoms with van der Waals surface area (Å²) in [5.41, 5.74) is -6.04. The van der Waals surface area contributed by atoms with E-state index in [2.05, 4.69) is 32.3 Å². The molecule has 412 valence electrons. The number of ether oxygens (including phenoxy) is 3. The zero-order valence-electron chi connectivity index (χ0n) is 40.1. The first-order valence-corrected chi connectivity index (χ1v) is 26.6. The molecule has 1 fully saturated rings. The van der Waals surface area contributed by atoms with E-state index in [1.165, 1.54) is 13.8 Å². The van der Waals surface area contributed by atoms with Crippen LogP contribution in [-0.2, 0) is 70.5 Å². The number of anilines is 1. The van der Waals surface area contributed by atoms with Gasteiger partial charge < -0.3 is 24.6 Å². The second-order valence-corrected chi connectivity index (χ2v) is 22.9. The zero-order valence-corrected chi connectivity index (χ0v) is 42.5. The number of aliphatic hydroxyl groups is 1. The van der Waals surface area contributed by atoms with Gasteiger partial charge in [-0.3, -0.25) is 14.2 Å². The van der Waals surface area contributed by atoms with Gasteiger partial charge in [-0.25, -0.2) is 35.4 Å². The molecule has 2 amide bonds. The van der Waals surface area contributed by atoms with Crippen LogP contribution in [0.1, 0.15) is 66.1 Å². The number of carbonyl (C=O) groups excluding carboxylic acids is 2. The molecule has 2 aromatic carbocycles. The van der Waals surface area contributed by atoms with Gasteiger partial charge in [0.25, 0.3) is 5.92 Å². The summed E-state index contributed by atoms with van der Waals surface area (Å²) in [4.78, 5) is 32.3. The summed E-state index contributed by atoms with van der Waals surface area (Å²) in [5.74, 6) is -6.15. The fourth-order valence-corrected chi connectivity index (χ4v) is 9.65. The zero-order chi connectivity index (χ0) is 56.1. The molecule has 2 aliphatic rings. The molecule has 0 bridgehead atoms. The lowest BCUT2D eigenvalue weighted by molar-refractivity contribution is -0.143. The van der Waals surface area contributed by atoms with E-state index in [4.69, 9.17) is 30.9 Å². The van der Waals surface area contributed by atoms with Crippen LogP contribution in [0.3, 0.4) is 0 Å². The highest BCUT2D eigenvalue weighted by Gasteiger charge is 2.68. The standard InChI is InChI=1S/C46H44ClF10N7O10S2/c1-43(2,75(3,68)69)10-9-27-5-6-28(29-7-8-32(47)36-38(29)63(23-44(50,51)52)61-41(36)64(76(4,70)71)42(67)74-16-15-73-14-13-72-12-11-65)37(58-27)33(19-24-17-25(48)20-26(49)18-24)59-34(66)22-62-40-35(39(60-62)46(55,56)57)30-21-31(30)45(40,53)54/h5-8,17-18,20,30-31,33,65H,11-16,19,21-23H2,1-4H3,(H,59,66)/t30-,31?,33-/m0/s1. The van der Waals surface area contributed by atoms with E-state index in [9.17, 15) is 61.5 Å². The Kier molecular flexibility index (Phi) is 16.2. The highest BCUT2D eigenvalue weighted by atomic mass is 35.5. The Morgan fingerprint density at radius 2 is 1.55 bits per heavy atom. The predicted octanol–water partition coefficient (Wildman–Crippen LogP) is 7.22. The summed E-state index contributed by atoms with van der Waals surface area (Å²) in [6, 6.07) is 4.67. The molecule has 2 aliphatic carbocycles. The van der Waals surface area contributed by atoms with Crippen molar-refractivity contribution < 1.29 is 89.6 Å². The maximum absolute atomic E-state index is 15.6. The molecule has 7 rings (SSSR count). The lowest BCUT2D eigenvalue weighted by Crippen LogP contribution is -2.37. The van der Waals surface area contributed by atoms with Crippen molar-refractivity contribution in [1.82, 2.24) is 29.9 Å². The molecular formula is C46H44ClF10N7O10S2. The number of fused-ring (bicyclic) bond motifs is 4. The summed E-state index contributed by atoms with van der Waals surface area (Å²) >= 11 is 6.64. The van der Waals surface area contributed by atoms with Gasteiger partial charge in [-0.2, -0.15) is 49.6 Å². The number of aromatic nitrogens is 5. The number of amides is 2. The van der Waals surface area contributed by atoms with Crippen LogP contribution in [0, 0.1) is 29.4 Å². The topological polar surface area (TPSA) is 214 Å². The van der Waals surface area contributed by atoms with Gasteiger partial charge in [0.1, 0.15) is 47.5 Å². The van der Waals surface area contributed by atoms with E-state index in [1.807, 2.05) is 0 Å². The molecule has 0 spiro atoms. The van der Waals surface area contributed by atoms with Gasteiger partial charge in [0.2, 0.25) is 15.9 Å². The smallest absolute Gasteiger partial charge is 0.435 e. The average molecular weight is 1140 g/mol. The van der Waals surface area contributed by atoms with Crippen molar-refractivity contribution in [2.75, 3.05) is 56.5 Å². The van der Waals surface area contributed by atoms with Gasteiger partial charge >= 0.3 is 18.4 Å². The van der Waals surface area contributed by atoms with E-state index in [0.29, 0.717) is 12.3 Å². The van der Waals surface area contributed by atoms with Crippen LogP contribution in [0.5, 0.6) is 0 Å². The number of carbonyl (C=O) groups is 2. The quantitative estimate of drug-likeness (QED) is 0.0476. The van der Waals surface area contributed by atoms with Crippen LogP contribution < -0.4 is 9.62 Å². The summed E-state index contributed by atoms with van der Waals surface area (Å²) in [6.45, 7) is -2.13. The Morgan fingerprint density at radius 1 is 0.921 bits per heavy atom. The van der Waals surface area contributed by atoms with Gasteiger partial charge in [-0.15, -0.1) is 0 Å². The fraction of sp³-hybridized carbons (Fsp3) is 0.457. The van der Waals surface area contributed by atoms with Gasteiger partial charge in [0, 0.05) is 34.9 Å². The summed E-state index contributed by atoms with van der Waals surface area (Å²) in [5, 5.41) is 17.4. The third-order valence-corrected chi connectivity index (χ3v) is 15.3. The number of sulfone groups is 1. The van der Waals surface area contributed by atoms with Crippen LogP contribution in [0.2, 0.25) is 5.02 Å². The molecule has 0 saturated heterocycles. The lowest BCUT2D eigenvalue weighted by atomic mass is 9.93. The van der Waals surface area contributed by atoms with Crippen LogP contribution >= 0.6 is 11.6 Å². The van der Waals surface area contributed by atoms with Crippen molar-refractivity contribution in [3.8, 4) is 23.0 Å². The van der Waals surface area contributed by atoms with Crippen LogP contribution in [0.15, 0.2) is 42.5 Å². The largest absolute Gasteiger partial charge is 0.446 e. The Morgan fingerprint density at radius 3 is 2.16 bits per heavy atom. The molecule has 2 N–H and O–H groups in total. The van der Waals surface area contributed by atoms with E-state index in [1.54, 1.807) is 0 Å². The van der Waals surface area contributed by atoms with Gasteiger partial charge in [0.15, 0.2) is 21.3 Å². The molecule has 17 nitrogen and oxygen atoms in total. The Labute approximate surface area is 431 Å². The Balaban J connectivity index is 1.42. The monoisotopic (exact) mass is 1140 g/mol. The van der Waals surface area contributed by atoms with Crippen molar-refractivity contribution in [3.05, 3.63) is 93.0 Å². The number of nitrogens with one attached hydrogen (secondary N) is 1. The number of hydrogen-bond acceptors (Lipinski definition) is 13. The van der Waals surface area contributed by atoms with E-state index < -0.39 is 155 Å². The van der Waals surface area contributed by atoms with Gasteiger partial charge in [-0.1, -0.05) is 23.6 Å². The minimum absolute atomic E-state index is 0.00414. The minimum atomic E-state index is -5.23. The van der Waals surface area contributed by atoms with Crippen LogP contribution in [0.25, 0.3) is 22.0 Å². The molecule has 1 saturated carbocycles. The number of pyridine rings is 1. The number of aliphatic hydroxyl groups excluding tert-OH is 1. The van der Waals surface area contributed by atoms with Crippen molar-refractivity contribution in [1.29, 1.82) is 0 Å². The number of benzene rings is 2. The van der Waals surface area contributed by atoms with E-state index >= 15 is 8.78 Å². The van der Waals surface area contributed by atoms with Crippen LogP contribution in [-0.4, -0.2) is 122 Å². The van der Waals surface area contributed by atoms with Crippen molar-refractivity contribution >= 4 is 60.2 Å². The van der Waals surface area contributed by atoms with Crippen molar-refractivity contribution in [2.45, 2.75) is 74.8 Å². The second kappa shape index (κ2) is 21.4. The second-order valence-electron chi connectivity index (χ2n) is 18.1. The van der Waals surface area contributed by atoms with E-state index in [0.717, 1.165) is 42.7 Å². The molecule has 76 heavy (non-hydrogen) atoms. The maximum atomic E-state index is 15.6. The number of nitrogens with zero attached hydrogens (tertiary/aromatic N) is 6. The number of hydrogen-bond donors (Lipinski definition) is 2. The summed E-state index contributed by atoms with van der Waals surface area (Å²) in [6.07, 6.45) is -11.7. The molecule has 0 radical (unpaired) electrons. The molecule has 30 heteroatoms. The van der Waals surface area contributed by atoms with Gasteiger partial charge in [0.05, 0.1) is 67.0 Å². The van der Waals surface area contributed by atoms with Crippen molar-refractivity contribution in [3.63, 3.8) is 0 Å². The third-order valence-electron chi connectivity index (χ3n) is 12.1. The van der Waals surface area contributed by atoms with Gasteiger partial charge in [-0.05, 0) is 74.4 Å². The van der Waals surface area contributed by atoms with Crippen LogP contribution in [0.4, 0.5) is 54.5 Å². The normalized spacial score (nSPS) is 16.7. The first kappa shape index (κ1) is 57.6. The molecule has 3 heterocycles. The fourth-order valence-electron chi connectivity index (χ4n) is 8.41. The van der Waals surface area contributed by atoms with Crippen molar-refractivity contribution in [2.24, 2.45) is 5.92 Å². The molecule has 3 atom stereocenters. The highest BCUT2D eigenvalue weighted by molar-refractivity contribution is 7.93.